The normalized spacial score (nSPS) is 22.2. The maximum absolute atomic E-state index is 13.5. The molecule has 33 heavy (non-hydrogen) atoms. The van der Waals surface area contributed by atoms with Crippen molar-refractivity contribution in [1.29, 1.82) is 0 Å². The van der Waals surface area contributed by atoms with Crippen molar-refractivity contribution in [3.63, 3.8) is 0 Å². The number of carbonyl (C=O) groups is 3. The molecule has 2 atom stereocenters. The van der Waals surface area contributed by atoms with Crippen LogP contribution in [0.1, 0.15) is 65.4 Å². The number of amides is 3. The van der Waals surface area contributed by atoms with Crippen molar-refractivity contribution in [3.05, 3.63) is 34.9 Å². The molecule has 2 fully saturated rings. The number of hydrogen-bond acceptors (Lipinski definition) is 3. The van der Waals surface area contributed by atoms with Gasteiger partial charge in [-0.25, -0.2) is 0 Å². The predicted octanol–water partition coefficient (Wildman–Crippen LogP) is 4.08. The van der Waals surface area contributed by atoms with Crippen molar-refractivity contribution in [2.24, 2.45) is 17.3 Å². The van der Waals surface area contributed by atoms with Crippen LogP contribution in [0.3, 0.4) is 0 Å². The van der Waals surface area contributed by atoms with Gasteiger partial charge < -0.3 is 15.1 Å². The van der Waals surface area contributed by atoms with Crippen LogP contribution in [0.5, 0.6) is 0 Å². The van der Waals surface area contributed by atoms with Crippen molar-refractivity contribution in [1.82, 2.24) is 15.1 Å². The third-order valence-corrected chi connectivity index (χ3v) is 7.61. The first-order valence-corrected chi connectivity index (χ1v) is 12.5. The van der Waals surface area contributed by atoms with E-state index >= 15 is 0 Å². The number of nitrogens with one attached hydrogen (secondary N) is 1. The van der Waals surface area contributed by atoms with E-state index in [1.807, 2.05) is 30.9 Å². The molecule has 2 saturated heterocycles. The number of hydrogen-bond donors (Lipinski definition) is 1. The lowest BCUT2D eigenvalue weighted by Crippen LogP contribution is -2.57. The lowest BCUT2D eigenvalue weighted by Gasteiger charge is -2.46. The monoisotopic (exact) mass is 475 g/mol. The third-order valence-electron chi connectivity index (χ3n) is 7.35. The molecule has 1 unspecified atom stereocenters. The van der Waals surface area contributed by atoms with E-state index in [4.69, 9.17) is 11.6 Å². The number of rotatable bonds is 5. The zero-order valence-corrected chi connectivity index (χ0v) is 21.3. The molecule has 0 aliphatic carbocycles. The summed E-state index contributed by atoms with van der Waals surface area (Å²) < 4.78 is 0. The van der Waals surface area contributed by atoms with Crippen LogP contribution < -0.4 is 5.32 Å². The first-order valence-electron chi connectivity index (χ1n) is 12.1. The maximum atomic E-state index is 13.5. The SMILES string of the molecule is CC(=O)N1CCC(C(=O)N[C@@H](C(=O)N2CCC(c3ccc(Cl)cc3)C(C)(C)C2)C(C)C)CC1. The third kappa shape index (κ3) is 6.08. The highest BCUT2D eigenvalue weighted by atomic mass is 35.5. The molecule has 1 N–H and O–H groups in total. The summed E-state index contributed by atoms with van der Waals surface area (Å²) in [5, 5.41) is 3.78. The van der Waals surface area contributed by atoms with Crippen molar-refractivity contribution >= 4 is 29.3 Å². The molecule has 1 aromatic rings. The minimum Gasteiger partial charge on any atom is -0.344 e. The number of likely N-dealkylation sites (tertiary alicyclic amines) is 2. The molecular formula is C26H38ClN3O3. The van der Waals surface area contributed by atoms with Gasteiger partial charge in [-0.1, -0.05) is 51.4 Å². The number of benzene rings is 1. The van der Waals surface area contributed by atoms with Crippen LogP contribution in [0.4, 0.5) is 0 Å². The van der Waals surface area contributed by atoms with E-state index in [-0.39, 0.29) is 35.0 Å². The van der Waals surface area contributed by atoms with Gasteiger partial charge in [-0.2, -0.15) is 0 Å². The Morgan fingerprint density at radius 3 is 2.09 bits per heavy atom. The summed E-state index contributed by atoms with van der Waals surface area (Å²) in [7, 11) is 0. The van der Waals surface area contributed by atoms with Crippen LogP contribution in [0, 0.1) is 17.3 Å². The van der Waals surface area contributed by atoms with E-state index in [0.29, 0.717) is 44.9 Å². The highest BCUT2D eigenvalue weighted by molar-refractivity contribution is 6.30. The standard InChI is InChI=1S/C26H38ClN3O3/c1-17(2)23(28-24(32)20-10-13-29(14-11-20)18(3)31)25(33)30-15-12-22(26(4,5)16-30)19-6-8-21(27)9-7-19/h6-9,17,20,22-23H,10-16H2,1-5H3,(H,28,32)/t22?,23-/m1/s1. The summed E-state index contributed by atoms with van der Waals surface area (Å²) in [6.45, 7) is 12.4. The molecule has 2 aliphatic rings. The van der Waals surface area contributed by atoms with Crippen LogP contribution in [0.2, 0.25) is 5.02 Å². The molecule has 1 aromatic carbocycles. The first kappa shape index (κ1) is 25.5. The van der Waals surface area contributed by atoms with Crippen molar-refractivity contribution in [2.75, 3.05) is 26.2 Å². The van der Waals surface area contributed by atoms with E-state index in [1.165, 1.54) is 5.56 Å². The summed E-state index contributed by atoms with van der Waals surface area (Å²) in [4.78, 5) is 41.8. The Kier molecular flexibility index (Phi) is 8.09. The van der Waals surface area contributed by atoms with Crippen molar-refractivity contribution < 1.29 is 14.4 Å². The van der Waals surface area contributed by atoms with E-state index in [2.05, 4.69) is 31.3 Å². The van der Waals surface area contributed by atoms with Crippen LogP contribution in [-0.2, 0) is 14.4 Å². The number of halogens is 1. The molecular weight excluding hydrogens is 438 g/mol. The molecule has 7 heteroatoms. The zero-order chi connectivity index (χ0) is 24.3. The molecule has 0 saturated carbocycles. The maximum Gasteiger partial charge on any atom is 0.245 e. The number of nitrogens with zero attached hydrogens (tertiary/aromatic N) is 2. The zero-order valence-electron chi connectivity index (χ0n) is 20.6. The van der Waals surface area contributed by atoms with Gasteiger partial charge in [0.2, 0.25) is 17.7 Å². The Morgan fingerprint density at radius 2 is 1.58 bits per heavy atom. The Hall–Kier alpha value is -2.08. The van der Waals surface area contributed by atoms with E-state index in [1.54, 1.807) is 11.8 Å². The fourth-order valence-electron chi connectivity index (χ4n) is 5.30. The molecule has 2 aliphatic heterocycles. The highest BCUT2D eigenvalue weighted by Crippen LogP contribution is 2.42. The van der Waals surface area contributed by atoms with E-state index < -0.39 is 6.04 Å². The Bertz CT molecular complexity index is 860. The topological polar surface area (TPSA) is 69.7 Å². The van der Waals surface area contributed by atoms with Gasteiger partial charge in [0.25, 0.3) is 0 Å². The molecule has 182 valence electrons. The second kappa shape index (κ2) is 10.5. The minimum absolute atomic E-state index is 0.00199. The van der Waals surface area contributed by atoms with Crippen LogP contribution in [0.25, 0.3) is 0 Å². The Labute approximate surface area is 203 Å². The van der Waals surface area contributed by atoms with Gasteiger partial charge in [-0.05, 0) is 54.2 Å². The van der Waals surface area contributed by atoms with Gasteiger partial charge in [-0.15, -0.1) is 0 Å². The lowest BCUT2D eigenvalue weighted by atomic mass is 9.70. The van der Waals surface area contributed by atoms with Crippen molar-refractivity contribution in [3.8, 4) is 0 Å². The van der Waals surface area contributed by atoms with Gasteiger partial charge in [0, 0.05) is 44.0 Å². The first-order chi connectivity index (χ1) is 15.5. The van der Waals surface area contributed by atoms with Crippen LogP contribution >= 0.6 is 11.6 Å². The second-order valence-electron chi connectivity index (χ2n) is 10.7. The van der Waals surface area contributed by atoms with Gasteiger partial charge in [0.15, 0.2) is 0 Å². The van der Waals surface area contributed by atoms with E-state index in [9.17, 15) is 14.4 Å². The molecule has 3 amide bonds. The summed E-state index contributed by atoms with van der Waals surface area (Å²) in [6, 6.07) is 7.48. The van der Waals surface area contributed by atoms with Crippen LogP contribution in [0.15, 0.2) is 24.3 Å². The Morgan fingerprint density at radius 1 is 1.00 bits per heavy atom. The van der Waals surface area contributed by atoms with Crippen molar-refractivity contribution in [2.45, 2.75) is 65.8 Å². The predicted molar refractivity (Wildman–Crippen MR) is 131 cm³/mol. The molecule has 0 aromatic heterocycles. The van der Waals surface area contributed by atoms with Gasteiger partial charge in [0.05, 0.1) is 0 Å². The molecule has 2 heterocycles. The average Bonchev–Trinajstić information content (AvgIpc) is 2.76. The van der Waals surface area contributed by atoms with Crippen LogP contribution in [-0.4, -0.2) is 59.7 Å². The largest absolute Gasteiger partial charge is 0.344 e. The molecule has 0 radical (unpaired) electrons. The Balaban J connectivity index is 1.63. The second-order valence-corrected chi connectivity index (χ2v) is 11.1. The number of piperidine rings is 2. The van der Waals surface area contributed by atoms with Gasteiger partial charge in [-0.3, -0.25) is 14.4 Å². The smallest absolute Gasteiger partial charge is 0.245 e. The molecule has 6 nitrogen and oxygen atoms in total. The fraction of sp³-hybridized carbons (Fsp3) is 0.654. The quantitative estimate of drug-likeness (QED) is 0.697. The van der Waals surface area contributed by atoms with E-state index in [0.717, 1.165) is 11.4 Å². The average molecular weight is 476 g/mol. The van der Waals surface area contributed by atoms with Gasteiger partial charge >= 0.3 is 0 Å². The minimum atomic E-state index is -0.536. The fourth-order valence-corrected chi connectivity index (χ4v) is 5.42. The molecule has 3 rings (SSSR count). The highest BCUT2D eigenvalue weighted by Gasteiger charge is 2.41. The van der Waals surface area contributed by atoms with Gasteiger partial charge in [0.1, 0.15) is 6.04 Å². The summed E-state index contributed by atoms with van der Waals surface area (Å²) >= 11 is 6.06. The number of carbonyl (C=O) groups excluding carboxylic acids is 3. The summed E-state index contributed by atoms with van der Waals surface area (Å²) in [5.41, 5.74) is 1.16. The molecule has 0 spiro atoms. The molecule has 0 bridgehead atoms. The summed E-state index contributed by atoms with van der Waals surface area (Å²) in [5.74, 6) is 0.173. The lowest BCUT2D eigenvalue weighted by molar-refractivity contribution is -0.142. The summed E-state index contributed by atoms with van der Waals surface area (Å²) in [6.07, 6.45) is 2.16.